The molecule has 1 atom stereocenters. The van der Waals surface area contributed by atoms with E-state index in [1.807, 2.05) is 19.1 Å². The van der Waals surface area contributed by atoms with Crippen LogP contribution < -0.4 is 10.6 Å². The number of hydrogen-bond acceptors (Lipinski definition) is 3. The van der Waals surface area contributed by atoms with Gasteiger partial charge in [0.1, 0.15) is 11.9 Å². The zero-order valence-corrected chi connectivity index (χ0v) is 12.9. The number of halogens is 2. The maximum Gasteiger partial charge on any atom is 0.242 e. The van der Waals surface area contributed by atoms with E-state index in [0.29, 0.717) is 22.4 Å². The zero-order chi connectivity index (χ0) is 15.0. The third kappa shape index (κ3) is 2.84. The van der Waals surface area contributed by atoms with Crippen molar-refractivity contribution in [3.8, 4) is 5.69 Å². The quantitative estimate of drug-likeness (QED) is 0.912. The summed E-state index contributed by atoms with van der Waals surface area (Å²) < 4.78 is 1.73. The number of hydrogen-bond donors (Lipinski definition) is 2. The minimum absolute atomic E-state index is 0.00623. The molecule has 1 fully saturated rings. The summed E-state index contributed by atoms with van der Waals surface area (Å²) in [5.41, 5.74) is 1.67. The Bertz CT molecular complexity index is 698. The number of aromatic nitrogens is 2. The summed E-state index contributed by atoms with van der Waals surface area (Å²) in [6.45, 7) is 2.62. The molecule has 0 bridgehead atoms. The van der Waals surface area contributed by atoms with Crippen molar-refractivity contribution in [2.75, 3.05) is 11.9 Å². The number of anilines is 1. The van der Waals surface area contributed by atoms with Gasteiger partial charge in [-0.1, -0.05) is 23.2 Å². The Morgan fingerprint density at radius 1 is 1.38 bits per heavy atom. The number of rotatable bonds is 3. The Morgan fingerprint density at radius 3 is 2.86 bits per heavy atom. The van der Waals surface area contributed by atoms with Crippen LogP contribution in [0.2, 0.25) is 10.0 Å². The van der Waals surface area contributed by atoms with Crippen molar-refractivity contribution < 1.29 is 4.79 Å². The first-order chi connectivity index (χ1) is 10.0. The van der Waals surface area contributed by atoms with Crippen LogP contribution >= 0.6 is 23.2 Å². The van der Waals surface area contributed by atoms with Crippen molar-refractivity contribution in [3.63, 3.8) is 0 Å². The molecule has 1 aliphatic rings. The van der Waals surface area contributed by atoms with Crippen LogP contribution in [0.5, 0.6) is 0 Å². The third-order valence-electron chi connectivity index (χ3n) is 3.40. The fraction of sp³-hybridized carbons (Fsp3) is 0.286. The van der Waals surface area contributed by atoms with Gasteiger partial charge >= 0.3 is 0 Å². The molecule has 1 saturated heterocycles. The predicted octanol–water partition coefficient (Wildman–Crippen LogP) is 2.79. The van der Waals surface area contributed by atoms with E-state index < -0.39 is 0 Å². The molecule has 0 spiro atoms. The maximum absolute atomic E-state index is 11.6. The molecule has 7 heteroatoms. The molecule has 2 N–H and O–H groups in total. The lowest BCUT2D eigenvalue weighted by molar-refractivity contribution is -0.119. The third-order valence-corrected chi connectivity index (χ3v) is 3.93. The first-order valence-electron chi connectivity index (χ1n) is 6.61. The van der Waals surface area contributed by atoms with Crippen LogP contribution in [0.4, 0.5) is 5.82 Å². The van der Waals surface area contributed by atoms with Crippen molar-refractivity contribution >= 4 is 34.9 Å². The van der Waals surface area contributed by atoms with E-state index in [1.54, 1.807) is 16.8 Å². The average molecular weight is 325 g/mol. The summed E-state index contributed by atoms with van der Waals surface area (Å²) >= 11 is 12.1. The average Bonchev–Trinajstić information content (AvgIpc) is 2.97. The van der Waals surface area contributed by atoms with Crippen molar-refractivity contribution in [1.82, 2.24) is 15.1 Å². The van der Waals surface area contributed by atoms with Gasteiger partial charge in [-0.25, -0.2) is 4.68 Å². The van der Waals surface area contributed by atoms with E-state index in [2.05, 4.69) is 15.7 Å². The van der Waals surface area contributed by atoms with E-state index in [4.69, 9.17) is 23.2 Å². The van der Waals surface area contributed by atoms with Gasteiger partial charge in [-0.05, 0) is 31.5 Å². The summed E-state index contributed by atoms with van der Waals surface area (Å²) in [6, 6.07) is 6.92. The fourth-order valence-corrected chi connectivity index (χ4v) is 2.84. The first-order valence-corrected chi connectivity index (χ1v) is 7.36. The summed E-state index contributed by atoms with van der Waals surface area (Å²) in [7, 11) is 0. The molecule has 0 radical (unpaired) electrons. The molecule has 1 unspecified atom stereocenters. The van der Waals surface area contributed by atoms with Gasteiger partial charge in [0.2, 0.25) is 5.91 Å². The van der Waals surface area contributed by atoms with Crippen LogP contribution in [0.1, 0.15) is 12.1 Å². The highest BCUT2D eigenvalue weighted by Gasteiger charge is 2.24. The fourth-order valence-electron chi connectivity index (χ4n) is 2.35. The lowest BCUT2D eigenvalue weighted by atomic mass is 10.2. The van der Waals surface area contributed by atoms with E-state index in [9.17, 15) is 4.79 Å². The first kappa shape index (κ1) is 14.2. The van der Waals surface area contributed by atoms with Crippen LogP contribution in [0.25, 0.3) is 5.69 Å². The van der Waals surface area contributed by atoms with Gasteiger partial charge in [-0.2, -0.15) is 5.10 Å². The molecule has 0 aliphatic carbocycles. The number of carbonyl (C=O) groups excluding carboxylic acids is 1. The number of aryl methyl sites for hydroxylation is 1. The van der Waals surface area contributed by atoms with Crippen molar-refractivity contribution in [2.45, 2.75) is 19.4 Å². The molecule has 0 saturated carbocycles. The molecule has 1 aromatic heterocycles. The number of benzene rings is 1. The van der Waals surface area contributed by atoms with Crippen LogP contribution in [0, 0.1) is 6.92 Å². The van der Waals surface area contributed by atoms with Gasteiger partial charge in [-0.3, -0.25) is 4.79 Å². The minimum Gasteiger partial charge on any atom is -0.357 e. The second-order valence-corrected chi connectivity index (χ2v) is 5.80. The second kappa shape index (κ2) is 5.58. The highest BCUT2D eigenvalue weighted by Crippen LogP contribution is 2.26. The van der Waals surface area contributed by atoms with E-state index in [-0.39, 0.29) is 11.9 Å². The zero-order valence-electron chi connectivity index (χ0n) is 11.4. The van der Waals surface area contributed by atoms with Gasteiger partial charge in [0.25, 0.3) is 0 Å². The highest BCUT2D eigenvalue weighted by atomic mass is 35.5. The van der Waals surface area contributed by atoms with Gasteiger partial charge in [0.05, 0.1) is 10.7 Å². The van der Waals surface area contributed by atoms with Crippen LogP contribution in [0.15, 0.2) is 24.3 Å². The normalized spacial score (nSPS) is 17.9. The molecule has 1 aromatic carbocycles. The van der Waals surface area contributed by atoms with Gasteiger partial charge in [0.15, 0.2) is 0 Å². The minimum atomic E-state index is -0.228. The largest absolute Gasteiger partial charge is 0.357 e. The smallest absolute Gasteiger partial charge is 0.242 e. The highest BCUT2D eigenvalue weighted by molar-refractivity contribution is 6.35. The van der Waals surface area contributed by atoms with Gasteiger partial charge in [-0.15, -0.1) is 0 Å². The molecule has 2 aromatic rings. The topological polar surface area (TPSA) is 58.9 Å². The Kier molecular flexibility index (Phi) is 3.78. The molecule has 21 heavy (non-hydrogen) atoms. The summed E-state index contributed by atoms with van der Waals surface area (Å²) in [6.07, 6.45) is 0.756. The van der Waals surface area contributed by atoms with Gasteiger partial charge in [0, 0.05) is 23.3 Å². The molecule has 2 heterocycles. The number of amides is 1. The summed E-state index contributed by atoms with van der Waals surface area (Å²) in [4.78, 5) is 11.6. The Labute approximate surface area is 132 Å². The van der Waals surface area contributed by atoms with Crippen LogP contribution in [0.3, 0.4) is 0 Å². The number of nitrogens with zero attached hydrogens (tertiary/aromatic N) is 2. The molecule has 1 aliphatic heterocycles. The summed E-state index contributed by atoms with van der Waals surface area (Å²) in [5.74, 6) is 0.660. The monoisotopic (exact) mass is 324 g/mol. The molecular formula is C14H14Cl2N4O. The molecule has 5 nitrogen and oxygen atoms in total. The Morgan fingerprint density at radius 2 is 2.19 bits per heavy atom. The molecule has 1 amide bonds. The SMILES string of the molecule is Cc1cc(NC2CCNC2=O)nn1-c1ccc(Cl)cc1Cl. The number of carbonyl (C=O) groups is 1. The Hall–Kier alpha value is -1.72. The van der Waals surface area contributed by atoms with Crippen molar-refractivity contribution in [1.29, 1.82) is 0 Å². The number of nitrogens with one attached hydrogen (secondary N) is 2. The standard InChI is InChI=1S/C14H14Cl2N4O/c1-8-6-13(18-11-4-5-17-14(11)21)19-20(8)12-3-2-9(15)7-10(12)16/h2-3,6-7,11H,4-5H2,1H3,(H,17,21)(H,18,19). The molecule has 3 rings (SSSR count). The molecular weight excluding hydrogens is 311 g/mol. The summed E-state index contributed by atoms with van der Waals surface area (Å²) in [5, 5.41) is 11.5. The second-order valence-electron chi connectivity index (χ2n) is 4.96. The van der Waals surface area contributed by atoms with Crippen LogP contribution in [-0.4, -0.2) is 28.3 Å². The maximum atomic E-state index is 11.6. The Balaban J connectivity index is 1.89. The lowest BCUT2D eigenvalue weighted by Crippen LogP contribution is -2.29. The van der Waals surface area contributed by atoms with Gasteiger partial charge < -0.3 is 10.6 Å². The van der Waals surface area contributed by atoms with Crippen molar-refractivity contribution in [3.05, 3.63) is 40.0 Å². The van der Waals surface area contributed by atoms with Crippen molar-refractivity contribution in [2.24, 2.45) is 0 Å². The van der Waals surface area contributed by atoms with E-state index in [0.717, 1.165) is 17.8 Å². The van der Waals surface area contributed by atoms with E-state index in [1.165, 1.54) is 0 Å². The molecule has 110 valence electrons. The van der Waals surface area contributed by atoms with E-state index >= 15 is 0 Å². The lowest BCUT2D eigenvalue weighted by Gasteiger charge is -2.09. The van der Waals surface area contributed by atoms with Crippen LogP contribution in [-0.2, 0) is 4.79 Å². The predicted molar refractivity (Wildman–Crippen MR) is 83.4 cm³/mol.